The highest BCUT2D eigenvalue weighted by Gasteiger charge is 2.33. The van der Waals surface area contributed by atoms with Crippen molar-refractivity contribution in [1.29, 1.82) is 0 Å². The Morgan fingerprint density at radius 3 is 2.37 bits per heavy atom. The minimum atomic E-state index is -1.20. The Balaban J connectivity index is 2.47. The van der Waals surface area contributed by atoms with Crippen LogP contribution in [0.1, 0.15) is 59.3 Å². The molecular weight excluding hydrogens is 244 g/mol. The first-order valence-corrected chi connectivity index (χ1v) is 7.21. The Morgan fingerprint density at radius 1 is 1.32 bits per heavy atom. The van der Waals surface area contributed by atoms with Crippen molar-refractivity contribution >= 4 is 12.0 Å². The lowest BCUT2D eigenvalue weighted by molar-refractivity contribution is -0.143. The van der Waals surface area contributed by atoms with E-state index in [-0.39, 0.29) is 12.1 Å². The van der Waals surface area contributed by atoms with Gasteiger partial charge in [0, 0.05) is 6.04 Å². The Morgan fingerprint density at radius 2 is 1.89 bits per heavy atom. The first-order chi connectivity index (χ1) is 8.89. The van der Waals surface area contributed by atoms with Gasteiger partial charge in [0.15, 0.2) is 0 Å². The summed E-state index contributed by atoms with van der Waals surface area (Å²) in [5.74, 6) is -0.493. The van der Waals surface area contributed by atoms with Crippen molar-refractivity contribution in [3.8, 4) is 0 Å². The number of rotatable bonds is 5. The molecule has 0 aromatic carbocycles. The topological polar surface area (TPSA) is 78.4 Å². The molecule has 0 heterocycles. The second-order valence-electron chi connectivity index (χ2n) is 5.78. The molecule has 0 aromatic rings. The summed E-state index contributed by atoms with van der Waals surface area (Å²) in [6.07, 6.45) is 6.37. The van der Waals surface area contributed by atoms with Crippen LogP contribution in [0.4, 0.5) is 4.79 Å². The Hall–Kier alpha value is -1.26. The minimum absolute atomic E-state index is 0.0928. The van der Waals surface area contributed by atoms with Gasteiger partial charge in [-0.2, -0.15) is 0 Å². The van der Waals surface area contributed by atoms with E-state index in [1.54, 1.807) is 6.92 Å². The third-order valence-corrected chi connectivity index (χ3v) is 4.28. The molecule has 19 heavy (non-hydrogen) atoms. The van der Waals surface area contributed by atoms with Gasteiger partial charge in [0.05, 0.1) is 0 Å². The van der Waals surface area contributed by atoms with E-state index in [2.05, 4.69) is 10.6 Å². The third kappa shape index (κ3) is 4.40. The largest absolute Gasteiger partial charge is 0.480 e. The predicted octanol–water partition coefficient (Wildman–Crippen LogP) is 2.51. The van der Waals surface area contributed by atoms with Crippen molar-refractivity contribution < 1.29 is 14.7 Å². The number of carboxylic acid groups (broad SMARTS) is 1. The maximum atomic E-state index is 11.9. The van der Waals surface area contributed by atoms with E-state index in [0.29, 0.717) is 12.3 Å². The molecule has 5 nitrogen and oxygen atoms in total. The van der Waals surface area contributed by atoms with Gasteiger partial charge in [0.25, 0.3) is 0 Å². The molecule has 0 saturated heterocycles. The summed E-state index contributed by atoms with van der Waals surface area (Å²) in [4.78, 5) is 23.0. The number of aliphatic carboxylic acids is 1. The molecule has 1 aliphatic rings. The van der Waals surface area contributed by atoms with Gasteiger partial charge in [-0.1, -0.05) is 26.2 Å². The first-order valence-electron chi connectivity index (χ1n) is 7.21. The normalized spacial score (nSPS) is 21.2. The highest BCUT2D eigenvalue weighted by Crippen LogP contribution is 2.26. The molecule has 110 valence electrons. The van der Waals surface area contributed by atoms with Crippen LogP contribution in [0, 0.1) is 5.92 Å². The smallest absolute Gasteiger partial charge is 0.329 e. The van der Waals surface area contributed by atoms with Crippen molar-refractivity contribution in [1.82, 2.24) is 10.6 Å². The van der Waals surface area contributed by atoms with Gasteiger partial charge in [-0.05, 0) is 39.0 Å². The molecule has 0 spiro atoms. The van der Waals surface area contributed by atoms with Crippen LogP contribution in [-0.2, 0) is 4.79 Å². The van der Waals surface area contributed by atoms with Gasteiger partial charge in [-0.15, -0.1) is 0 Å². The number of hydrogen-bond donors (Lipinski definition) is 3. The van der Waals surface area contributed by atoms with Crippen molar-refractivity contribution in [2.75, 3.05) is 0 Å². The Labute approximate surface area is 115 Å². The molecule has 0 radical (unpaired) electrons. The lowest BCUT2D eigenvalue weighted by atomic mass is 9.84. The predicted molar refractivity (Wildman–Crippen MR) is 74.0 cm³/mol. The van der Waals surface area contributed by atoms with E-state index in [0.717, 1.165) is 12.8 Å². The second-order valence-corrected chi connectivity index (χ2v) is 5.78. The van der Waals surface area contributed by atoms with Crippen LogP contribution in [0.25, 0.3) is 0 Å². The van der Waals surface area contributed by atoms with Crippen LogP contribution >= 0.6 is 0 Å². The SMILES string of the molecule is CCC(C)(NC(=O)NC(C)C1CCCCC1)C(=O)O. The molecule has 1 saturated carbocycles. The quantitative estimate of drug-likeness (QED) is 0.718. The van der Waals surface area contributed by atoms with Crippen molar-refractivity contribution in [3.05, 3.63) is 0 Å². The maximum Gasteiger partial charge on any atom is 0.329 e. The molecule has 1 rings (SSSR count). The average molecular weight is 270 g/mol. The number of urea groups is 1. The van der Waals surface area contributed by atoms with Crippen molar-refractivity contribution in [3.63, 3.8) is 0 Å². The Kier molecular flexibility index (Phi) is 5.63. The van der Waals surface area contributed by atoms with E-state index >= 15 is 0 Å². The molecular formula is C14H26N2O3. The summed E-state index contributed by atoms with van der Waals surface area (Å²) < 4.78 is 0. The zero-order valence-corrected chi connectivity index (χ0v) is 12.2. The van der Waals surface area contributed by atoms with Crippen LogP contribution < -0.4 is 10.6 Å². The van der Waals surface area contributed by atoms with Crippen LogP contribution in [0.3, 0.4) is 0 Å². The highest BCUT2D eigenvalue weighted by atomic mass is 16.4. The molecule has 2 amide bonds. The standard InChI is InChI=1S/C14H26N2O3/c1-4-14(3,12(17)18)16-13(19)15-10(2)11-8-6-5-7-9-11/h10-11H,4-9H2,1-3H3,(H,17,18)(H2,15,16,19). The number of carbonyl (C=O) groups excluding carboxylic acids is 1. The van der Waals surface area contributed by atoms with Crippen LogP contribution in [-0.4, -0.2) is 28.7 Å². The van der Waals surface area contributed by atoms with Crippen LogP contribution in [0.5, 0.6) is 0 Å². The van der Waals surface area contributed by atoms with Crippen LogP contribution in [0.2, 0.25) is 0 Å². The van der Waals surface area contributed by atoms with Gasteiger partial charge in [-0.3, -0.25) is 0 Å². The average Bonchev–Trinajstić information content (AvgIpc) is 2.39. The number of carbonyl (C=O) groups is 2. The van der Waals surface area contributed by atoms with Gasteiger partial charge in [-0.25, -0.2) is 9.59 Å². The van der Waals surface area contributed by atoms with Crippen molar-refractivity contribution in [2.45, 2.75) is 70.9 Å². The summed E-state index contributed by atoms with van der Waals surface area (Å²) in [5.41, 5.74) is -1.20. The Bertz CT molecular complexity index is 327. The van der Waals surface area contributed by atoms with E-state index in [1.807, 2.05) is 6.92 Å². The van der Waals surface area contributed by atoms with E-state index in [4.69, 9.17) is 5.11 Å². The maximum absolute atomic E-state index is 11.9. The summed E-state index contributed by atoms with van der Waals surface area (Å²) in [5, 5.41) is 14.6. The van der Waals surface area contributed by atoms with Gasteiger partial charge >= 0.3 is 12.0 Å². The number of carboxylic acids is 1. The highest BCUT2D eigenvalue weighted by molar-refractivity contribution is 5.85. The van der Waals surface area contributed by atoms with Gasteiger partial charge in [0.1, 0.15) is 5.54 Å². The number of nitrogens with one attached hydrogen (secondary N) is 2. The molecule has 1 fully saturated rings. The second kappa shape index (κ2) is 6.78. The molecule has 0 bridgehead atoms. The van der Waals surface area contributed by atoms with E-state index in [1.165, 1.54) is 26.2 Å². The molecule has 2 atom stereocenters. The van der Waals surface area contributed by atoms with Crippen LogP contribution in [0.15, 0.2) is 0 Å². The molecule has 0 aliphatic heterocycles. The lowest BCUT2D eigenvalue weighted by Crippen LogP contribution is -2.56. The fourth-order valence-electron chi connectivity index (χ4n) is 2.54. The van der Waals surface area contributed by atoms with E-state index in [9.17, 15) is 9.59 Å². The number of hydrogen-bond acceptors (Lipinski definition) is 2. The lowest BCUT2D eigenvalue weighted by Gasteiger charge is -2.30. The monoisotopic (exact) mass is 270 g/mol. The summed E-state index contributed by atoms with van der Waals surface area (Å²) in [6.45, 7) is 5.28. The first kappa shape index (κ1) is 15.8. The third-order valence-electron chi connectivity index (χ3n) is 4.28. The minimum Gasteiger partial charge on any atom is -0.480 e. The molecule has 1 aliphatic carbocycles. The van der Waals surface area contributed by atoms with Crippen molar-refractivity contribution in [2.24, 2.45) is 5.92 Å². The molecule has 2 unspecified atom stereocenters. The molecule has 5 heteroatoms. The summed E-state index contributed by atoms with van der Waals surface area (Å²) in [7, 11) is 0. The summed E-state index contributed by atoms with van der Waals surface area (Å²) in [6, 6.07) is -0.292. The number of amides is 2. The van der Waals surface area contributed by atoms with Gasteiger partial charge in [0.2, 0.25) is 0 Å². The zero-order valence-electron chi connectivity index (χ0n) is 12.2. The fraction of sp³-hybridized carbons (Fsp3) is 0.857. The molecule has 3 N–H and O–H groups in total. The summed E-state index contributed by atoms with van der Waals surface area (Å²) >= 11 is 0. The molecule has 0 aromatic heterocycles. The fourth-order valence-corrected chi connectivity index (χ4v) is 2.54. The zero-order chi connectivity index (χ0) is 14.5. The van der Waals surface area contributed by atoms with Gasteiger partial charge < -0.3 is 15.7 Å². The van der Waals surface area contributed by atoms with E-state index < -0.39 is 11.5 Å².